The fraction of sp³-hybridized carbons (Fsp3) is 1.00. The Morgan fingerprint density at radius 2 is 2.23 bits per heavy atom. The molecule has 2 rings (SSSR count). The van der Waals surface area contributed by atoms with E-state index >= 15 is 0 Å². The molecular weight excluding hydrogens is 160 g/mol. The van der Waals surface area contributed by atoms with Crippen LogP contribution < -0.4 is 5.32 Å². The quantitative estimate of drug-likeness (QED) is 0.695. The fourth-order valence-electron chi connectivity index (χ4n) is 2.68. The summed E-state index contributed by atoms with van der Waals surface area (Å²) in [5.41, 5.74) is 0. The average molecular weight is 182 g/mol. The van der Waals surface area contributed by atoms with Gasteiger partial charge in [-0.15, -0.1) is 0 Å². The number of likely N-dealkylation sites (tertiary alicyclic amines) is 1. The molecule has 0 aromatic rings. The van der Waals surface area contributed by atoms with Crippen LogP contribution in [-0.2, 0) is 0 Å². The number of piperidine rings is 1. The maximum atomic E-state index is 3.58. The molecule has 2 heterocycles. The number of hydrogen-bond acceptors (Lipinski definition) is 2. The summed E-state index contributed by atoms with van der Waals surface area (Å²) in [6.45, 7) is 7.59. The summed E-state index contributed by atoms with van der Waals surface area (Å²) in [6.07, 6.45) is 5.63. The van der Waals surface area contributed by atoms with Crippen LogP contribution in [-0.4, -0.2) is 37.1 Å². The topological polar surface area (TPSA) is 15.3 Å². The Kier molecular flexibility index (Phi) is 3.23. The van der Waals surface area contributed by atoms with Crippen LogP contribution >= 0.6 is 0 Å². The molecule has 0 spiro atoms. The van der Waals surface area contributed by atoms with Gasteiger partial charge in [-0.3, -0.25) is 0 Å². The van der Waals surface area contributed by atoms with Crippen LogP contribution in [0.25, 0.3) is 0 Å². The van der Waals surface area contributed by atoms with E-state index in [-0.39, 0.29) is 0 Å². The minimum Gasteiger partial charge on any atom is -0.313 e. The van der Waals surface area contributed by atoms with Crippen molar-refractivity contribution in [3.05, 3.63) is 0 Å². The van der Waals surface area contributed by atoms with Crippen molar-refractivity contribution in [1.29, 1.82) is 0 Å². The molecule has 0 bridgehead atoms. The van der Waals surface area contributed by atoms with Crippen LogP contribution in [0.3, 0.4) is 0 Å². The zero-order chi connectivity index (χ0) is 9.10. The highest BCUT2D eigenvalue weighted by Gasteiger charge is 2.21. The van der Waals surface area contributed by atoms with Crippen LogP contribution in [0.2, 0.25) is 0 Å². The predicted molar refractivity (Wildman–Crippen MR) is 55.9 cm³/mol. The number of nitrogens with one attached hydrogen (secondary N) is 1. The van der Waals surface area contributed by atoms with E-state index in [2.05, 4.69) is 17.1 Å². The zero-order valence-corrected chi connectivity index (χ0v) is 8.76. The summed E-state index contributed by atoms with van der Waals surface area (Å²) < 4.78 is 0. The second kappa shape index (κ2) is 4.43. The van der Waals surface area contributed by atoms with Crippen molar-refractivity contribution in [2.75, 3.05) is 26.2 Å². The van der Waals surface area contributed by atoms with E-state index in [1.165, 1.54) is 51.9 Å². The van der Waals surface area contributed by atoms with Gasteiger partial charge in [-0.1, -0.05) is 6.92 Å². The molecule has 2 aliphatic heterocycles. The minimum atomic E-state index is 0.797. The van der Waals surface area contributed by atoms with Gasteiger partial charge in [0, 0.05) is 19.1 Å². The lowest BCUT2D eigenvalue weighted by molar-refractivity contribution is 0.170. The monoisotopic (exact) mass is 182 g/mol. The molecule has 2 atom stereocenters. The number of rotatable bonds is 2. The minimum absolute atomic E-state index is 0.797. The van der Waals surface area contributed by atoms with E-state index in [0.717, 1.165) is 12.0 Å². The Bertz CT molecular complexity index is 152. The summed E-state index contributed by atoms with van der Waals surface area (Å²) in [6, 6.07) is 0.797. The van der Waals surface area contributed by atoms with Crippen molar-refractivity contribution in [3.8, 4) is 0 Å². The van der Waals surface area contributed by atoms with Crippen LogP contribution in [0, 0.1) is 5.92 Å². The molecule has 13 heavy (non-hydrogen) atoms. The second-order valence-electron chi connectivity index (χ2n) is 4.80. The van der Waals surface area contributed by atoms with Gasteiger partial charge in [0.25, 0.3) is 0 Å². The molecule has 2 nitrogen and oxygen atoms in total. The molecule has 2 heteroatoms. The third kappa shape index (κ3) is 2.68. The highest BCUT2D eigenvalue weighted by atomic mass is 15.2. The van der Waals surface area contributed by atoms with Crippen LogP contribution in [0.4, 0.5) is 0 Å². The second-order valence-corrected chi connectivity index (χ2v) is 4.80. The van der Waals surface area contributed by atoms with Crippen molar-refractivity contribution in [2.45, 2.75) is 38.6 Å². The number of hydrogen-bond donors (Lipinski definition) is 1. The molecule has 0 aromatic carbocycles. The van der Waals surface area contributed by atoms with Crippen LogP contribution in [0.5, 0.6) is 0 Å². The van der Waals surface area contributed by atoms with Gasteiger partial charge in [0.05, 0.1) is 0 Å². The summed E-state index contributed by atoms with van der Waals surface area (Å²) in [5.74, 6) is 0.926. The molecule has 2 aliphatic rings. The zero-order valence-electron chi connectivity index (χ0n) is 8.76. The van der Waals surface area contributed by atoms with Gasteiger partial charge in [-0.25, -0.2) is 0 Å². The third-order valence-corrected chi connectivity index (χ3v) is 3.38. The molecule has 0 amide bonds. The smallest absolute Gasteiger partial charge is 0.0195 e. The number of nitrogens with zero attached hydrogens (tertiary/aromatic N) is 1. The maximum absolute atomic E-state index is 3.58. The van der Waals surface area contributed by atoms with E-state index in [9.17, 15) is 0 Å². The average Bonchev–Trinajstić information content (AvgIpc) is 2.57. The van der Waals surface area contributed by atoms with E-state index in [0.29, 0.717) is 0 Å². The lowest BCUT2D eigenvalue weighted by Crippen LogP contribution is -2.42. The Hall–Kier alpha value is -0.0800. The maximum Gasteiger partial charge on any atom is 0.0195 e. The molecular formula is C11H22N2. The van der Waals surface area contributed by atoms with Crippen molar-refractivity contribution < 1.29 is 0 Å². The van der Waals surface area contributed by atoms with Gasteiger partial charge < -0.3 is 10.2 Å². The molecule has 2 fully saturated rings. The fourth-order valence-corrected chi connectivity index (χ4v) is 2.68. The van der Waals surface area contributed by atoms with E-state index in [4.69, 9.17) is 0 Å². The standard InChI is InChI=1S/C11H22N2/c1-10-4-3-7-13(8-10)9-11-5-2-6-12-11/h10-12H,2-9H2,1H3/t10-,11-/m1/s1. The van der Waals surface area contributed by atoms with Gasteiger partial charge in [-0.2, -0.15) is 0 Å². The summed E-state index contributed by atoms with van der Waals surface area (Å²) in [4.78, 5) is 2.65. The lowest BCUT2D eigenvalue weighted by Gasteiger charge is -2.32. The van der Waals surface area contributed by atoms with Crippen molar-refractivity contribution >= 4 is 0 Å². The molecule has 0 unspecified atom stereocenters. The molecule has 0 saturated carbocycles. The Morgan fingerprint density at radius 3 is 2.92 bits per heavy atom. The molecule has 0 radical (unpaired) electrons. The molecule has 0 aromatic heterocycles. The molecule has 2 saturated heterocycles. The van der Waals surface area contributed by atoms with E-state index < -0.39 is 0 Å². The predicted octanol–water partition coefficient (Wildman–Crippen LogP) is 1.47. The van der Waals surface area contributed by atoms with Gasteiger partial charge in [0.15, 0.2) is 0 Å². The van der Waals surface area contributed by atoms with Gasteiger partial charge in [0.2, 0.25) is 0 Å². The Labute approximate surface area is 81.7 Å². The SMILES string of the molecule is C[C@@H]1CCCN(C[C@H]2CCCN2)C1. The van der Waals surface area contributed by atoms with Gasteiger partial charge in [0.1, 0.15) is 0 Å². The summed E-state index contributed by atoms with van der Waals surface area (Å²) in [5, 5.41) is 3.58. The third-order valence-electron chi connectivity index (χ3n) is 3.38. The normalized spacial score (nSPS) is 36.7. The van der Waals surface area contributed by atoms with Crippen molar-refractivity contribution in [3.63, 3.8) is 0 Å². The van der Waals surface area contributed by atoms with Crippen molar-refractivity contribution in [2.24, 2.45) is 5.92 Å². The Balaban J connectivity index is 1.73. The molecule has 1 N–H and O–H groups in total. The first-order chi connectivity index (χ1) is 6.34. The van der Waals surface area contributed by atoms with E-state index in [1.807, 2.05) is 0 Å². The first-order valence-electron chi connectivity index (χ1n) is 5.80. The largest absolute Gasteiger partial charge is 0.313 e. The summed E-state index contributed by atoms with van der Waals surface area (Å²) >= 11 is 0. The highest BCUT2D eigenvalue weighted by molar-refractivity contribution is 4.80. The van der Waals surface area contributed by atoms with E-state index in [1.54, 1.807) is 0 Å². The van der Waals surface area contributed by atoms with Gasteiger partial charge >= 0.3 is 0 Å². The lowest BCUT2D eigenvalue weighted by atomic mass is 10.00. The highest BCUT2D eigenvalue weighted by Crippen LogP contribution is 2.17. The molecule has 0 aliphatic carbocycles. The first kappa shape index (κ1) is 9.47. The van der Waals surface area contributed by atoms with Crippen LogP contribution in [0.15, 0.2) is 0 Å². The first-order valence-corrected chi connectivity index (χ1v) is 5.80. The summed E-state index contributed by atoms with van der Waals surface area (Å²) in [7, 11) is 0. The Morgan fingerprint density at radius 1 is 1.31 bits per heavy atom. The van der Waals surface area contributed by atoms with Crippen molar-refractivity contribution in [1.82, 2.24) is 10.2 Å². The molecule has 76 valence electrons. The van der Waals surface area contributed by atoms with Crippen LogP contribution in [0.1, 0.15) is 32.6 Å². The van der Waals surface area contributed by atoms with Gasteiger partial charge in [-0.05, 0) is 44.7 Å².